The Kier molecular flexibility index (Phi) is 4.16. The molecule has 1 fully saturated rings. The summed E-state index contributed by atoms with van der Waals surface area (Å²) in [7, 11) is -2.99. The molecule has 4 nitrogen and oxygen atoms in total. The van der Waals surface area contributed by atoms with Crippen molar-refractivity contribution in [2.45, 2.75) is 25.3 Å². The first-order valence-electron chi connectivity index (χ1n) is 6.76. The van der Waals surface area contributed by atoms with Crippen LogP contribution < -0.4 is 10.6 Å². The summed E-state index contributed by atoms with van der Waals surface area (Å²) in [6, 6.07) is 9.94. The maximum absolute atomic E-state index is 12.0. The standard InChI is InChI=1S/C14H22N2O2S/c1-2-16(13-7-4-3-5-8-13)14(11-15)9-6-10-19(17,18)12-14/h3-5,7-8H,2,6,9-12,15H2,1H3. The summed E-state index contributed by atoms with van der Waals surface area (Å²) in [6.07, 6.45) is 1.54. The lowest BCUT2D eigenvalue weighted by Gasteiger charge is -2.46. The van der Waals surface area contributed by atoms with E-state index in [1.807, 2.05) is 37.3 Å². The molecule has 1 aromatic rings. The number of sulfone groups is 1. The first-order valence-corrected chi connectivity index (χ1v) is 8.58. The molecule has 0 radical (unpaired) electrons. The van der Waals surface area contributed by atoms with E-state index in [-0.39, 0.29) is 5.75 Å². The minimum Gasteiger partial charge on any atom is -0.364 e. The second-order valence-electron chi connectivity index (χ2n) is 5.20. The maximum Gasteiger partial charge on any atom is 0.152 e. The van der Waals surface area contributed by atoms with Gasteiger partial charge in [-0.15, -0.1) is 0 Å². The highest BCUT2D eigenvalue weighted by Crippen LogP contribution is 2.32. The molecule has 1 aromatic carbocycles. The maximum atomic E-state index is 12.0. The summed E-state index contributed by atoms with van der Waals surface area (Å²) in [6.45, 7) is 3.18. The van der Waals surface area contributed by atoms with Crippen molar-refractivity contribution in [1.82, 2.24) is 0 Å². The fourth-order valence-corrected chi connectivity index (χ4v) is 5.02. The Morgan fingerprint density at radius 3 is 2.53 bits per heavy atom. The number of rotatable bonds is 4. The van der Waals surface area contributed by atoms with Crippen LogP contribution in [0.2, 0.25) is 0 Å². The minimum absolute atomic E-state index is 0.166. The van der Waals surface area contributed by atoms with Gasteiger partial charge >= 0.3 is 0 Å². The van der Waals surface area contributed by atoms with Gasteiger partial charge in [-0.05, 0) is 31.9 Å². The van der Waals surface area contributed by atoms with Crippen LogP contribution in [0.1, 0.15) is 19.8 Å². The fourth-order valence-electron chi connectivity index (χ4n) is 3.06. The molecule has 1 saturated heterocycles. The highest BCUT2D eigenvalue weighted by atomic mass is 32.2. The fraction of sp³-hybridized carbons (Fsp3) is 0.571. The van der Waals surface area contributed by atoms with E-state index in [1.54, 1.807) is 0 Å². The summed E-state index contributed by atoms with van der Waals surface area (Å²) in [5.74, 6) is 0.459. The normalized spacial score (nSPS) is 26.0. The highest BCUT2D eigenvalue weighted by Gasteiger charge is 2.42. The summed E-state index contributed by atoms with van der Waals surface area (Å²) in [5, 5.41) is 0. The Morgan fingerprint density at radius 1 is 1.32 bits per heavy atom. The molecule has 0 spiro atoms. The van der Waals surface area contributed by atoms with Gasteiger partial charge in [-0.3, -0.25) is 0 Å². The second-order valence-corrected chi connectivity index (χ2v) is 7.39. The zero-order valence-electron chi connectivity index (χ0n) is 11.4. The molecule has 0 amide bonds. The van der Waals surface area contributed by atoms with Crippen molar-refractivity contribution < 1.29 is 8.42 Å². The van der Waals surface area contributed by atoms with E-state index in [2.05, 4.69) is 4.90 Å². The third-order valence-electron chi connectivity index (χ3n) is 3.92. The zero-order chi connectivity index (χ0) is 13.9. The quantitative estimate of drug-likeness (QED) is 0.907. The largest absolute Gasteiger partial charge is 0.364 e. The molecule has 106 valence electrons. The van der Waals surface area contributed by atoms with E-state index in [4.69, 9.17) is 5.73 Å². The van der Waals surface area contributed by atoms with E-state index in [1.165, 1.54) is 0 Å². The number of nitrogens with zero attached hydrogens (tertiary/aromatic N) is 1. The number of nitrogens with two attached hydrogens (primary N) is 1. The van der Waals surface area contributed by atoms with Gasteiger partial charge < -0.3 is 10.6 Å². The number of benzene rings is 1. The van der Waals surface area contributed by atoms with Crippen molar-refractivity contribution in [3.8, 4) is 0 Å². The van der Waals surface area contributed by atoms with E-state index in [0.29, 0.717) is 18.7 Å². The summed E-state index contributed by atoms with van der Waals surface area (Å²) < 4.78 is 24.0. The highest BCUT2D eigenvalue weighted by molar-refractivity contribution is 7.91. The summed E-state index contributed by atoms with van der Waals surface area (Å²) >= 11 is 0. The van der Waals surface area contributed by atoms with E-state index >= 15 is 0 Å². The Hall–Kier alpha value is -1.07. The van der Waals surface area contributed by atoms with Crippen molar-refractivity contribution in [3.05, 3.63) is 30.3 Å². The predicted octanol–water partition coefficient (Wildman–Crippen LogP) is 1.42. The Morgan fingerprint density at radius 2 is 2.00 bits per heavy atom. The molecule has 1 heterocycles. The van der Waals surface area contributed by atoms with Gasteiger partial charge in [-0.2, -0.15) is 0 Å². The van der Waals surface area contributed by atoms with Crippen LogP contribution >= 0.6 is 0 Å². The molecule has 19 heavy (non-hydrogen) atoms. The molecule has 0 bridgehead atoms. The SMILES string of the molecule is CCN(c1ccccc1)C1(CN)CCCS(=O)(=O)C1. The molecular formula is C14H22N2O2S. The molecule has 1 aliphatic rings. The van der Waals surface area contributed by atoms with Crippen molar-refractivity contribution in [3.63, 3.8) is 0 Å². The van der Waals surface area contributed by atoms with Crippen molar-refractivity contribution in [2.75, 3.05) is 29.5 Å². The molecule has 0 saturated carbocycles. The Balaban J connectivity index is 2.38. The van der Waals surface area contributed by atoms with Gasteiger partial charge in [0.05, 0.1) is 17.0 Å². The monoisotopic (exact) mass is 282 g/mol. The van der Waals surface area contributed by atoms with Crippen LogP contribution in [0.15, 0.2) is 30.3 Å². The van der Waals surface area contributed by atoms with Gasteiger partial charge in [0.1, 0.15) is 0 Å². The molecule has 5 heteroatoms. The third-order valence-corrected chi connectivity index (χ3v) is 5.81. The zero-order valence-corrected chi connectivity index (χ0v) is 12.2. The van der Waals surface area contributed by atoms with Crippen molar-refractivity contribution in [2.24, 2.45) is 5.73 Å². The van der Waals surface area contributed by atoms with E-state index < -0.39 is 15.4 Å². The minimum atomic E-state index is -2.99. The van der Waals surface area contributed by atoms with Crippen LogP contribution in [0.4, 0.5) is 5.69 Å². The second kappa shape index (κ2) is 5.51. The average Bonchev–Trinajstić information content (AvgIpc) is 2.39. The van der Waals surface area contributed by atoms with Crippen LogP contribution in [-0.2, 0) is 9.84 Å². The lowest BCUT2D eigenvalue weighted by atomic mass is 9.92. The van der Waals surface area contributed by atoms with Gasteiger partial charge in [0.25, 0.3) is 0 Å². The molecule has 0 aliphatic carbocycles. The lowest BCUT2D eigenvalue weighted by molar-refractivity contribution is 0.386. The van der Waals surface area contributed by atoms with E-state index in [9.17, 15) is 8.42 Å². The molecule has 1 unspecified atom stereocenters. The average molecular weight is 282 g/mol. The van der Waals surface area contributed by atoms with Gasteiger partial charge in [0, 0.05) is 18.8 Å². The Bertz CT molecular complexity index is 516. The smallest absolute Gasteiger partial charge is 0.152 e. The molecule has 0 aromatic heterocycles. The predicted molar refractivity (Wildman–Crippen MR) is 79.1 cm³/mol. The van der Waals surface area contributed by atoms with Gasteiger partial charge in [-0.1, -0.05) is 18.2 Å². The summed E-state index contributed by atoms with van der Waals surface area (Å²) in [5.41, 5.74) is 6.56. The number of para-hydroxylation sites is 1. The van der Waals surface area contributed by atoms with Crippen molar-refractivity contribution in [1.29, 1.82) is 0 Å². The Labute approximate surface area is 115 Å². The summed E-state index contributed by atoms with van der Waals surface area (Å²) in [4.78, 5) is 2.16. The number of hydrogen-bond acceptors (Lipinski definition) is 4. The van der Waals surface area contributed by atoms with E-state index in [0.717, 1.165) is 18.7 Å². The van der Waals surface area contributed by atoms with Crippen molar-refractivity contribution >= 4 is 15.5 Å². The number of anilines is 1. The third kappa shape index (κ3) is 2.92. The molecule has 1 atom stereocenters. The van der Waals surface area contributed by atoms with Gasteiger partial charge in [0.15, 0.2) is 9.84 Å². The first-order chi connectivity index (χ1) is 9.03. The lowest BCUT2D eigenvalue weighted by Crippen LogP contribution is -2.60. The van der Waals surface area contributed by atoms with Crippen LogP contribution in [0.5, 0.6) is 0 Å². The molecule has 1 aliphatic heterocycles. The molecule has 2 rings (SSSR count). The van der Waals surface area contributed by atoms with Crippen LogP contribution in [0.3, 0.4) is 0 Å². The first kappa shape index (κ1) is 14.3. The van der Waals surface area contributed by atoms with Crippen LogP contribution in [0.25, 0.3) is 0 Å². The number of likely N-dealkylation sites (N-methyl/N-ethyl adjacent to an activating group) is 1. The van der Waals surface area contributed by atoms with Crippen LogP contribution in [0, 0.1) is 0 Å². The van der Waals surface area contributed by atoms with Gasteiger partial charge in [0.2, 0.25) is 0 Å². The molecule has 2 N–H and O–H groups in total. The van der Waals surface area contributed by atoms with Gasteiger partial charge in [-0.25, -0.2) is 8.42 Å². The molecular weight excluding hydrogens is 260 g/mol. The van der Waals surface area contributed by atoms with Crippen LogP contribution in [-0.4, -0.2) is 38.6 Å². The number of hydrogen-bond donors (Lipinski definition) is 1. The topological polar surface area (TPSA) is 63.4 Å².